The number of piperidine rings is 1. The number of anilines is 1. The number of carbonyl (C=O) groups is 2. The lowest BCUT2D eigenvalue weighted by Gasteiger charge is -2.44. The first-order valence-electron chi connectivity index (χ1n) is 8.98. The molecule has 0 spiro atoms. The van der Waals surface area contributed by atoms with E-state index in [9.17, 15) is 19.7 Å². The second-order valence-corrected chi connectivity index (χ2v) is 6.95. The third-order valence-corrected chi connectivity index (χ3v) is 5.35. The summed E-state index contributed by atoms with van der Waals surface area (Å²) in [6.07, 6.45) is 6.64. The molecule has 1 heterocycles. The fraction of sp³-hybridized carbons (Fsp3) is 0.556. The second kappa shape index (κ2) is 7.72. The Morgan fingerprint density at radius 2 is 1.96 bits per heavy atom. The molecule has 2 aliphatic rings. The number of hydrogen-bond acceptors (Lipinski definition) is 6. The molecule has 8 nitrogen and oxygen atoms in total. The van der Waals surface area contributed by atoms with Gasteiger partial charge in [-0.1, -0.05) is 12.8 Å². The number of nitro benzene ring substituents is 1. The summed E-state index contributed by atoms with van der Waals surface area (Å²) in [5, 5.41) is 10.9. The van der Waals surface area contributed by atoms with Gasteiger partial charge in [0.2, 0.25) is 0 Å². The largest absolute Gasteiger partial charge is 0.452 e. The van der Waals surface area contributed by atoms with Crippen LogP contribution in [0.3, 0.4) is 0 Å². The fourth-order valence-electron chi connectivity index (χ4n) is 4.06. The van der Waals surface area contributed by atoms with Crippen molar-refractivity contribution in [1.82, 2.24) is 4.90 Å². The monoisotopic (exact) mass is 361 g/mol. The summed E-state index contributed by atoms with van der Waals surface area (Å²) in [6.45, 7) is 0.352. The lowest BCUT2D eigenvalue weighted by atomic mass is 9.78. The number of hydrogen-bond donors (Lipinski definition) is 1. The number of likely N-dealkylation sites (tertiary alicyclic amines) is 1. The van der Waals surface area contributed by atoms with Gasteiger partial charge in [0.1, 0.15) is 5.69 Å². The third kappa shape index (κ3) is 3.79. The van der Waals surface area contributed by atoms with Crippen molar-refractivity contribution in [1.29, 1.82) is 0 Å². The zero-order valence-corrected chi connectivity index (χ0v) is 14.6. The van der Waals surface area contributed by atoms with Crippen molar-refractivity contribution in [3.63, 3.8) is 0 Å². The maximum atomic E-state index is 12.5. The van der Waals surface area contributed by atoms with Gasteiger partial charge < -0.3 is 15.4 Å². The highest BCUT2D eigenvalue weighted by molar-refractivity contribution is 5.92. The van der Waals surface area contributed by atoms with Crippen LogP contribution in [0.15, 0.2) is 18.2 Å². The Labute approximate surface area is 151 Å². The summed E-state index contributed by atoms with van der Waals surface area (Å²) in [7, 11) is 0. The summed E-state index contributed by atoms with van der Waals surface area (Å²) in [4.78, 5) is 36.8. The topological polar surface area (TPSA) is 116 Å². The Balaban J connectivity index is 1.61. The minimum Gasteiger partial charge on any atom is -0.452 e. The van der Waals surface area contributed by atoms with Crippen LogP contribution in [-0.2, 0) is 9.53 Å². The second-order valence-electron chi connectivity index (χ2n) is 6.95. The van der Waals surface area contributed by atoms with E-state index in [1.807, 2.05) is 4.90 Å². The molecule has 1 amide bonds. The molecule has 140 valence electrons. The Morgan fingerprint density at radius 3 is 2.73 bits per heavy atom. The average Bonchev–Trinajstić information content (AvgIpc) is 2.65. The third-order valence-electron chi connectivity index (χ3n) is 5.35. The van der Waals surface area contributed by atoms with E-state index in [4.69, 9.17) is 10.5 Å². The molecule has 1 saturated heterocycles. The standard InChI is InChI=1S/C18H23N3O5/c19-14-8-7-13(10-16(14)21(24)25)18(23)26-11-17(22)20-9-3-5-12-4-1-2-6-15(12)20/h7-8,10,12,15H,1-6,9,11,19H2/t12-,15-/m0/s1. The van der Waals surface area contributed by atoms with E-state index in [2.05, 4.69) is 0 Å². The number of nitro groups is 1. The van der Waals surface area contributed by atoms with E-state index in [-0.39, 0.29) is 35.5 Å². The van der Waals surface area contributed by atoms with Crippen molar-refractivity contribution in [3.8, 4) is 0 Å². The average molecular weight is 361 g/mol. The highest BCUT2D eigenvalue weighted by atomic mass is 16.6. The van der Waals surface area contributed by atoms with Crippen molar-refractivity contribution in [2.75, 3.05) is 18.9 Å². The maximum absolute atomic E-state index is 12.5. The Hall–Kier alpha value is -2.64. The van der Waals surface area contributed by atoms with Gasteiger partial charge in [0.15, 0.2) is 6.61 Å². The number of esters is 1. The van der Waals surface area contributed by atoms with Crippen LogP contribution in [0.25, 0.3) is 0 Å². The lowest BCUT2D eigenvalue weighted by Crippen LogP contribution is -2.50. The fourth-order valence-corrected chi connectivity index (χ4v) is 4.06. The molecule has 0 radical (unpaired) electrons. The highest BCUT2D eigenvalue weighted by Crippen LogP contribution is 2.35. The molecule has 1 aliphatic heterocycles. The van der Waals surface area contributed by atoms with Gasteiger partial charge in [0.25, 0.3) is 11.6 Å². The number of fused-ring (bicyclic) bond motifs is 1. The number of nitrogen functional groups attached to an aromatic ring is 1. The molecule has 1 saturated carbocycles. The summed E-state index contributed by atoms with van der Waals surface area (Å²) in [6, 6.07) is 3.96. The summed E-state index contributed by atoms with van der Waals surface area (Å²) >= 11 is 0. The van der Waals surface area contributed by atoms with Gasteiger partial charge >= 0.3 is 5.97 Å². The molecule has 0 bridgehead atoms. The molecule has 0 aromatic heterocycles. The van der Waals surface area contributed by atoms with Crippen molar-refractivity contribution >= 4 is 23.3 Å². The van der Waals surface area contributed by atoms with Gasteiger partial charge in [-0.15, -0.1) is 0 Å². The molecular formula is C18H23N3O5. The molecule has 2 fully saturated rings. The molecular weight excluding hydrogens is 338 g/mol. The molecule has 1 aromatic rings. The number of rotatable bonds is 4. The molecule has 1 aliphatic carbocycles. The predicted octanol–water partition coefficient (Wildman–Crippen LogP) is 2.52. The first kappa shape index (κ1) is 18.2. The minimum atomic E-state index is -0.765. The molecule has 8 heteroatoms. The maximum Gasteiger partial charge on any atom is 0.338 e. The minimum absolute atomic E-state index is 0.00730. The first-order valence-corrected chi connectivity index (χ1v) is 8.98. The van der Waals surface area contributed by atoms with Gasteiger partial charge in [-0.05, 0) is 43.7 Å². The first-order chi connectivity index (χ1) is 12.5. The molecule has 26 heavy (non-hydrogen) atoms. The molecule has 2 atom stereocenters. The number of amides is 1. The van der Waals surface area contributed by atoms with E-state index >= 15 is 0 Å². The van der Waals surface area contributed by atoms with Gasteiger partial charge in [0, 0.05) is 18.7 Å². The van der Waals surface area contributed by atoms with Crippen molar-refractivity contribution in [3.05, 3.63) is 33.9 Å². The summed E-state index contributed by atoms with van der Waals surface area (Å²) < 4.78 is 5.10. The van der Waals surface area contributed by atoms with Crippen LogP contribution in [0.2, 0.25) is 0 Å². The number of carbonyl (C=O) groups excluding carboxylic acids is 2. The van der Waals surface area contributed by atoms with Crippen LogP contribution < -0.4 is 5.73 Å². The van der Waals surface area contributed by atoms with Crippen LogP contribution in [-0.4, -0.2) is 40.9 Å². The lowest BCUT2D eigenvalue weighted by molar-refractivity contribution is -0.383. The molecule has 1 aromatic carbocycles. The van der Waals surface area contributed by atoms with Gasteiger partial charge in [0.05, 0.1) is 10.5 Å². The zero-order valence-electron chi connectivity index (χ0n) is 14.6. The highest BCUT2D eigenvalue weighted by Gasteiger charge is 2.35. The SMILES string of the molecule is Nc1ccc(C(=O)OCC(=O)N2CCC[C@@H]3CCCC[C@@H]32)cc1[N+](=O)[O-]. The van der Waals surface area contributed by atoms with E-state index in [1.54, 1.807) is 0 Å². The van der Waals surface area contributed by atoms with Gasteiger partial charge in [-0.25, -0.2) is 4.79 Å². The van der Waals surface area contributed by atoms with E-state index < -0.39 is 10.9 Å². The number of nitrogens with two attached hydrogens (primary N) is 1. The number of benzene rings is 1. The van der Waals surface area contributed by atoms with Crippen molar-refractivity contribution in [2.45, 2.75) is 44.6 Å². The summed E-state index contributed by atoms with van der Waals surface area (Å²) in [5.41, 5.74) is 5.14. The molecule has 2 N–H and O–H groups in total. The van der Waals surface area contributed by atoms with Crippen LogP contribution in [0.4, 0.5) is 11.4 Å². The quantitative estimate of drug-likeness (QED) is 0.381. The smallest absolute Gasteiger partial charge is 0.338 e. The number of ether oxygens (including phenoxy) is 1. The Morgan fingerprint density at radius 1 is 1.23 bits per heavy atom. The van der Waals surface area contributed by atoms with Crippen LogP contribution >= 0.6 is 0 Å². The van der Waals surface area contributed by atoms with Crippen LogP contribution in [0.1, 0.15) is 48.9 Å². The number of nitrogens with zero attached hydrogens (tertiary/aromatic N) is 2. The Kier molecular flexibility index (Phi) is 5.39. The molecule has 0 unspecified atom stereocenters. The van der Waals surface area contributed by atoms with Crippen LogP contribution in [0.5, 0.6) is 0 Å². The van der Waals surface area contributed by atoms with Gasteiger partial charge in [-0.3, -0.25) is 14.9 Å². The zero-order chi connectivity index (χ0) is 18.7. The van der Waals surface area contributed by atoms with E-state index in [0.29, 0.717) is 12.5 Å². The van der Waals surface area contributed by atoms with Crippen molar-refractivity contribution < 1.29 is 19.2 Å². The Bertz CT molecular complexity index is 719. The van der Waals surface area contributed by atoms with Crippen LogP contribution in [0, 0.1) is 16.0 Å². The van der Waals surface area contributed by atoms with Crippen molar-refractivity contribution in [2.24, 2.45) is 5.92 Å². The normalized spacial score (nSPS) is 22.4. The summed E-state index contributed by atoms with van der Waals surface area (Å²) in [5.74, 6) is -0.407. The van der Waals surface area contributed by atoms with E-state index in [0.717, 1.165) is 38.2 Å². The van der Waals surface area contributed by atoms with E-state index in [1.165, 1.54) is 18.6 Å². The predicted molar refractivity (Wildman–Crippen MR) is 94.5 cm³/mol. The van der Waals surface area contributed by atoms with Gasteiger partial charge in [-0.2, -0.15) is 0 Å². The molecule has 3 rings (SSSR count).